The van der Waals surface area contributed by atoms with E-state index in [1.165, 1.54) is 0 Å². The van der Waals surface area contributed by atoms with Crippen molar-refractivity contribution >= 4 is 73.3 Å². The van der Waals surface area contributed by atoms with Crippen LogP contribution in [0.1, 0.15) is 16.1 Å². The van der Waals surface area contributed by atoms with Gasteiger partial charge in [0.05, 0.1) is 11.3 Å². The number of nitrogens with zero attached hydrogens (tertiary/aromatic N) is 1. The van der Waals surface area contributed by atoms with Crippen LogP contribution < -0.4 is 0 Å². The van der Waals surface area contributed by atoms with E-state index in [4.69, 9.17) is 0 Å². The second kappa shape index (κ2) is 5.05. The molecule has 0 bridgehead atoms. The lowest BCUT2D eigenvalue weighted by atomic mass is 10.1. The van der Waals surface area contributed by atoms with E-state index in [2.05, 4.69) is 55.2 Å². The van der Waals surface area contributed by atoms with Crippen molar-refractivity contribution in [2.24, 2.45) is 4.99 Å². The Hall–Kier alpha value is -1.42. The van der Waals surface area contributed by atoms with Crippen LogP contribution >= 0.6 is 45.2 Å². The van der Waals surface area contributed by atoms with Crippen molar-refractivity contribution in [3.05, 3.63) is 54.8 Å². The Kier molecular flexibility index (Phi) is 3.26. The number of fused-ring (bicyclic) bond motifs is 2. The van der Waals surface area contributed by atoms with E-state index in [1.807, 2.05) is 36.4 Å². The Bertz CT molecular complexity index is 989. The molecule has 22 heavy (non-hydrogen) atoms. The molecule has 1 aromatic heterocycles. The molecular weight excluding hydrogens is 506 g/mol. The number of nitrogens with one attached hydrogen (secondary N) is 1. The fraction of sp³-hybridized carbons (Fsp3) is 0. The minimum Gasteiger partial charge on any atom is -0.505 e. The zero-order chi connectivity index (χ0) is 15.4. The number of Topliss-reactive ketones (excluding diaryl/α,β-unsaturated/α-hetero) is 1. The molecule has 1 aliphatic heterocycles. The highest BCUT2D eigenvalue weighted by molar-refractivity contribution is 14.1. The summed E-state index contributed by atoms with van der Waals surface area (Å²) < 4.78 is 2.00. The maximum absolute atomic E-state index is 12.6. The number of carbonyl (C=O) groups excluding carboxylic acids is 1. The van der Waals surface area contributed by atoms with Crippen LogP contribution in [-0.2, 0) is 0 Å². The molecule has 3 aromatic rings. The molecule has 0 saturated carbocycles. The topological polar surface area (TPSA) is 65.5 Å². The van der Waals surface area contributed by atoms with Crippen molar-refractivity contribution in [1.82, 2.24) is 4.98 Å². The number of hydrogen-bond acceptors (Lipinski definition) is 3. The third-order valence-corrected chi connectivity index (χ3v) is 4.96. The molecule has 0 radical (unpaired) electrons. The number of H-pyrrole nitrogens is 1. The molecule has 1 aliphatic rings. The maximum Gasteiger partial charge on any atom is 0.215 e. The van der Waals surface area contributed by atoms with Crippen molar-refractivity contribution in [3.63, 3.8) is 0 Å². The van der Waals surface area contributed by atoms with Crippen molar-refractivity contribution in [1.29, 1.82) is 0 Å². The number of aromatic nitrogens is 1. The third-order valence-electron chi connectivity index (χ3n) is 3.62. The van der Waals surface area contributed by atoms with E-state index in [-0.39, 0.29) is 17.2 Å². The number of rotatable bonds is 1. The van der Waals surface area contributed by atoms with Crippen LogP contribution in [0.4, 0.5) is 5.69 Å². The number of aromatic amines is 1. The van der Waals surface area contributed by atoms with Crippen LogP contribution in [0.3, 0.4) is 0 Å². The van der Waals surface area contributed by atoms with Gasteiger partial charge < -0.3 is 10.1 Å². The van der Waals surface area contributed by atoms with Gasteiger partial charge in [0.1, 0.15) is 11.4 Å². The molecule has 0 spiro atoms. The van der Waals surface area contributed by atoms with Crippen LogP contribution in [0.5, 0.6) is 5.75 Å². The van der Waals surface area contributed by atoms with Gasteiger partial charge in [-0.1, -0.05) is 0 Å². The second-order valence-corrected chi connectivity index (χ2v) is 7.48. The quantitative estimate of drug-likeness (QED) is 0.474. The number of halogens is 2. The number of ketones is 1. The molecule has 0 saturated heterocycles. The van der Waals surface area contributed by atoms with Crippen molar-refractivity contribution in [2.75, 3.05) is 0 Å². The Labute approximate surface area is 152 Å². The number of aliphatic imine (C=N–C) groups is 1. The number of aromatic hydroxyl groups is 1. The van der Waals surface area contributed by atoms with Crippen molar-refractivity contribution in [3.8, 4) is 5.75 Å². The highest BCUT2D eigenvalue weighted by Crippen LogP contribution is 2.36. The molecule has 0 unspecified atom stereocenters. The predicted octanol–water partition coefficient (Wildman–Crippen LogP) is 4.40. The van der Waals surface area contributed by atoms with Gasteiger partial charge in [0.25, 0.3) is 0 Å². The number of carbonyl (C=O) groups is 1. The highest BCUT2D eigenvalue weighted by Gasteiger charge is 2.29. The summed E-state index contributed by atoms with van der Waals surface area (Å²) in [6, 6.07) is 11.3. The molecule has 108 valence electrons. The smallest absolute Gasteiger partial charge is 0.215 e. The summed E-state index contributed by atoms with van der Waals surface area (Å²) in [6.45, 7) is 0. The van der Waals surface area contributed by atoms with Gasteiger partial charge in [-0.2, -0.15) is 0 Å². The summed E-state index contributed by atoms with van der Waals surface area (Å²) in [7, 11) is 0. The van der Waals surface area contributed by atoms with Crippen LogP contribution in [0.25, 0.3) is 10.9 Å². The lowest BCUT2D eigenvalue weighted by molar-refractivity contribution is 0.106. The largest absolute Gasteiger partial charge is 0.505 e. The monoisotopic (exact) mass is 514 g/mol. The molecule has 4 nitrogen and oxygen atoms in total. The minimum atomic E-state index is -0.162. The summed E-state index contributed by atoms with van der Waals surface area (Å²) in [5.74, 6) is -0.0896. The van der Waals surface area contributed by atoms with E-state index in [1.54, 1.807) is 0 Å². The fourth-order valence-corrected chi connectivity index (χ4v) is 3.56. The van der Waals surface area contributed by atoms with Gasteiger partial charge in [0.15, 0.2) is 5.75 Å². The predicted molar refractivity (Wildman–Crippen MR) is 102 cm³/mol. The highest BCUT2D eigenvalue weighted by atomic mass is 127. The molecule has 0 fully saturated rings. The lowest BCUT2D eigenvalue weighted by Crippen LogP contribution is -2.11. The minimum absolute atomic E-state index is 0.0723. The van der Waals surface area contributed by atoms with Crippen LogP contribution in [0, 0.1) is 7.14 Å². The Balaban J connectivity index is 1.91. The molecule has 6 heteroatoms. The van der Waals surface area contributed by atoms with Gasteiger partial charge in [0, 0.05) is 18.0 Å². The Morgan fingerprint density at radius 2 is 1.77 bits per heavy atom. The van der Waals surface area contributed by atoms with Gasteiger partial charge in [-0.25, -0.2) is 4.99 Å². The molecule has 0 aliphatic carbocycles. The third kappa shape index (κ3) is 2.08. The zero-order valence-electron chi connectivity index (χ0n) is 11.0. The molecular formula is C16H8I2N2O2. The lowest BCUT2D eigenvalue weighted by Gasteiger charge is -1.97. The summed E-state index contributed by atoms with van der Waals surface area (Å²) >= 11 is 4.35. The summed E-state index contributed by atoms with van der Waals surface area (Å²) in [6.07, 6.45) is 0. The summed E-state index contributed by atoms with van der Waals surface area (Å²) in [4.78, 5) is 20.1. The van der Waals surface area contributed by atoms with Crippen LogP contribution in [-0.4, -0.2) is 21.6 Å². The van der Waals surface area contributed by atoms with Gasteiger partial charge in [-0.3, -0.25) is 4.79 Å². The SMILES string of the molecule is O=C1C(c2[nH]c3ccc(I)cc3c2O)=Nc2ccc(I)cc21. The van der Waals surface area contributed by atoms with Crippen LogP contribution in [0.2, 0.25) is 0 Å². The zero-order valence-corrected chi connectivity index (χ0v) is 15.3. The second-order valence-electron chi connectivity index (χ2n) is 4.99. The average Bonchev–Trinajstić information content (AvgIpc) is 2.98. The first-order valence-electron chi connectivity index (χ1n) is 6.48. The Morgan fingerprint density at radius 3 is 2.59 bits per heavy atom. The maximum atomic E-state index is 12.6. The van der Waals surface area contributed by atoms with Gasteiger partial charge in [-0.15, -0.1) is 0 Å². The first-order chi connectivity index (χ1) is 10.5. The standard InChI is InChI=1S/C16H8I2N2O2/c17-7-1-3-11-9(5-7)15(21)13(19-11)14-16(22)10-6-8(18)2-4-12(10)20-14/h1-6,19,21H. The normalized spacial score (nSPS) is 13.5. The van der Waals surface area contributed by atoms with E-state index < -0.39 is 0 Å². The molecule has 0 amide bonds. The first kappa shape index (κ1) is 14.2. The fourth-order valence-electron chi connectivity index (χ4n) is 2.58. The molecule has 4 rings (SSSR count). The molecule has 2 heterocycles. The molecule has 2 aromatic carbocycles. The average molecular weight is 514 g/mol. The van der Waals surface area contributed by atoms with Crippen molar-refractivity contribution < 1.29 is 9.90 Å². The van der Waals surface area contributed by atoms with E-state index in [0.717, 1.165) is 12.7 Å². The number of hydrogen-bond donors (Lipinski definition) is 2. The summed E-state index contributed by atoms with van der Waals surface area (Å²) in [5, 5.41) is 11.2. The van der Waals surface area contributed by atoms with E-state index in [9.17, 15) is 9.90 Å². The molecule has 0 atom stereocenters. The Morgan fingerprint density at radius 1 is 1.05 bits per heavy atom. The summed E-state index contributed by atoms with van der Waals surface area (Å²) in [5.41, 5.74) is 2.66. The van der Waals surface area contributed by atoms with Gasteiger partial charge in [0.2, 0.25) is 5.78 Å². The van der Waals surface area contributed by atoms with E-state index >= 15 is 0 Å². The van der Waals surface area contributed by atoms with Crippen molar-refractivity contribution in [2.45, 2.75) is 0 Å². The van der Waals surface area contributed by atoms with Gasteiger partial charge in [-0.05, 0) is 81.6 Å². The van der Waals surface area contributed by atoms with Crippen LogP contribution in [0.15, 0.2) is 41.4 Å². The number of benzene rings is 2. The molecule has 2 N–H and O–H groups in total. The van der Waals surface area contributed by atoms with E-state index in [0.29, 0.717) is 22.3 Å². The van der Waals surface area contributed by atoms with Gasteiger partial charge >= 0.3 is 0 Å². The first-order valence-corrected chi connectivity index (χ1v) is 8.64.